The Hall–Kier alpha value is -3.37. The Kier molecular flexibility index (Phi) is 7.20. The van der Waals surface area contributed by atoms with E-state index in [9.17, 15) is 0 Å². The summed E-state index contributed by atoms with van der Waals surface area (Å²) in [6, 6.07) is 31.2. The number of fused-ring (bicyclic) bond motifs is 3. The first-order valence-electron chi connectivity index (χ1n) is 15.0. The molecule has 0 saturated carbocycles. The van der Waals surface area contributed by atoms with Crippen LogP contribution < -0.4 is 14.5 Å². The van der Waals surface area contributed by atoms with E-state index in [4.69, 9.17) is 4.74 Å². The van der Waals surface area contributed by atoms with E-state index in [0.717, 1.165) is 43.1 Å². The second-order valence-corrected chi connectivity index (χ2v) is 12.5. The van der Waals surface area contributed by atoms with Gasteiger partial charge in [0.1, 0.15) is 5.75 Å². The molecule has 0 N–H and O–H groups in total. The van der Waals surface area contributed by atoms with Crippen molar-refractivity contribution in [2.24, 2.45) is 0 Å². The molecule has 0 radical (unpaired) electrons. The fourth-order valence-electron chi connectivity index (χ4n) is 6.60. The molecule has 204 valence electrons. The summed E-state index contributed by atoms with van der Waals surface area (Å²) in [7, 11) is 0. The summed E-state index contributed by atoms with van der Waals surface area (Å²) < 4.78 is 7.05. The fourth-order valence-corrected chi connectivity index (χ4v) is 7.50. The molecule has 4 heteroatoms. The highest BCUT2D eigenvalue weighted by Crippen LogP contribution is 2.45. The van der Waals surface area contributed by atoms with Crippen molar-refractivity contribution in [3.63, 3.8) is 0 Å². The SMILES string of the molecule is C1=CC(c2ccccc2)(c2ccc(N3CCCCCCC3)cc2)Oc2ccc3cc(N4CCSCC4)ccc3c21. The molecule has 2 saturated heterocycles. The quantitative estimate of drug-likeness (QED) is 0.255. The summed E-state index contributed by atoms with van der Waals surface area (Å²) in [4.78, 5) is 5.08. The van der Waals surface area contributed by atoms with Gasteiger partial charge in [0, 0.05) is 65.7 Å². The summed E-state index contributed by atoms with van der Waals surface area (Å²) in [6.45, 7) is 4.55. The van der Waals surface area contributed by atoms with E-state index in [1.165, 1.54) is 71.3 Å². The lowest BCUT2D eigenvalue weighted by molar-refractivity contribution is 0.161. The summed E-state index contributed by atoms with van der Waals surface area (Å²) >= 11 is 2.05. The molecule has 3 aliphatic rings. The van der Waals surface area contributed by atoms with Crippen molar-refractivity contribution in [2.45, 2.75) is 37.7 Å². The highest BCUT2D eigenvalue weighted by Gasteiger charge is 2.37. The number of nitrogens with zero attached hydrogens (tertiary/aromatic N) is 2. The minimum absolute atomic E-state index is 0.665. The number of benzene rings is 4. The van der Waals surface area contributed by atoms with Gasteiger partial charge in [0.2, 0.25) is 0 Å². The van der Waals surface area contributed by atoms with Crippen molar-refractivity contribution < 1.29 is 4.74 Å². The summed E-state index contributed by atoms with van der Waals surface area (Å²) in [6.07, 6.45) is 11.2. The Balaban J connectivity index is 1.24. The van der Waals surface area contributed by atoms with Crippen LogP contribution in [0.25, 0.3) is 16.8 Å². The van der Waals surface area contributed by atoms with Gasteiger partial charge in [0.15, 0.2) is 5.60 Å². The van der Waals surface area contributed by atoms with Crippen LogP contribution in [0.2, 0.25) is 0 Å². The Bertz CT molecular complexity index is 1490. The van der Waals surface area contributed by atoms with E-state index in [1.807, 2.05) is 0 Å². The van der Waals surface area contributed by atoms with Gasteiger partial charge in [-0.25, -0.2) is 0 Å². The van der Waals surface area contributed by atoms with Gasteiger partial charge in [-0.15, -0.1) is 0 Å². The van der Waals surface area contributed by atoms with Crippen molar-refractivity contribution in [3.8, 4) is 5.75 Å². The first-order valence-corrected chi connectivity index (χ1v) is 16.1. The van der Waals surface area contributed by atoms with Crippen LogP contribution in [0, 0.1) is 0 Å². The molecule has 0 spiro atoms. The first kappa shape index (κ1) is 25.6. The fraction of sp³-hybridized carbons (Fsp3) is 0.333. The van der Waals surface area contributed by atoms with Crippen molar-refractivity contribution >= 4 is 40.0 Å². The zero-order valence-corrected chi connectivity index (χ0v) is 24.0. The average molecular weight is 547 g/mol. The second-order valence-electron chi connectivity index (χ2n) is 11.3. The molecule has 1 atom stereocenters. The van der Waals surface area contributed by atoms with Crippen LogP contribution in [0.3, 0.4) is 0 Å². The Morgan fingerprint density at radius 3 is 2.08 bits per heavy atom. The molecule has 0 bridgehead atoms. The molecule has 3 heterocycles. The third-order valence-corrected chi connectivity index (χ3v) is 9.80. The Morgan fingerprint density at radius 2 is 1.30 bits per heavy atom. The largest absolute Gasteiger partial charge is 0.473 e. The van der Waals surface area contributed by atoms with Crippen LogP contribution in [0.4, 0.5) is 11.4 Å². The normalized spacial score (nSPS) is 21.4. The smallest absolute Gasteiger partial charge is 0.178 e. The van der Waals surface area contributed by atoms with Gasteiger partial charge in [-0.1, -0.05) is 73.9 Å². The lowest BCUT2D eigenvalue weighted by atomic mass is 9.83. The van der Waals surface area contributed by atoms with Crippen LogP contribution in [-0.2, 0) is 5.60 Å². The van der Waals surface area contributed by atoms with E-state index in [0.29, 0.717) is 0 Å². The zero-order chi connectivity index (χ0) is 26.8. The number of ether oxygens (including phenoxy) is 1. The average Bonchev–Trinajstić information content (AvgIpc) is 3.01. The Labute approximate surface area is 242 Å². The van der Waals surface area contributed by atoms with Gasteiger partial charge in [-0.05, 0) is 66.1 Å². The van der Waals surface area contributed by atoms with Crippen molar-refractivity contribution in [1.29, 1.82) is 0 Å². The van der Waals surface area contributed by atoms with Crippen molar-refractivity contribution in [3.05, 3.63) is 108 Å². The minimum Gasteiger partial charge on any atom is -0.473 e. The van der Waals surface area contributed by atoms with Gasteiger partial charge in [-0.2, -0.15) is 11.8 Å². The van der Waals surface area contributed by atoms with Gasteiger partial charge in [-0.3, -0.25) is 0 Å². The number of hydrogen-bond donors (Lipinski definition) is 0. The molecule has 0 aliphatic carbocycles. The van der Waals surface area contributed by atoms with Crippen molar-refractivity contribution in [2.75, 3.05) is 47.5 Å². The third-order valence-electron chi connectivity index (χ3n) is 8.86. The van der Waals surface area contributed by atoms with Crippen LogP contribution in [0.1, 0.15) is 48.8 Å². The number of anilines is 2. The lowest BCUT2D eigenvalue weighted by Crippen LogP contribution is -2.34. The second kappa shape index (κ2) is 11.2. The lowest BCUT2D eigenvalue weighted by Gasteiger charge is -2.37. The van der Waals surface area contributed by atoms with Gasteiger partial charge < -0.3 is 14.5 Å². The van der Waals surface area contributed by atoms with Crippen LogP contribution >= 0.6 is 11.8 Å². The molecule has 0 aromatic heterocycles. The highest BCUT2D eigenvalue weighted by molar-refractivity contribution is 7.99. The van der Waals surface area contributed by atoms with Gasteiger partial charge in [0.25, 0.3) is 0 Å². The molecule has 7 rings (SSSR count). The van der Waals surface area contributed by atoms with E-state index >= 15 is 0 Å². The van der Waals surface area contributed by atoms with Gasteiger partial charge in [0.05, 0.1) is 0 Å². The maximum atomic E-state index is 7.05. The first-order chi connectivity index (χ1) is 19.8. The van der Waals surface area contributed by atoms with Crippen LogP contribution in [0.5, 0.6) is 5.75 Å². The minimum atomic E-state index is -0.665. The van der Waals surface area contributed by atoms with Gasteiger partial charge >= 0.3 is 0 Å². The molecule has 4 aromatic rings. The van der Waals surface area contributed by atoms with Crippen LogP contribution in [0.15, 0.2) is 91.0 Å². The molecule has 1 unspecified atom stereocenters. The topological polar surface area (TPSA) is 15.7 Å². The molecule has 40 heavy (non-hydrogen) atoms. The maximum Gasteiger partial charge on any atom is 0.178 e. The predicted molar refractivity (Wildman–Crippen MR) is 172 cm³/mol. The predicted octanol–water partition coefficient (Wildman–Crippen LogP) is 8.51. The third kappa shape index (κ3) is 4.88. The van der Waals surface area contributed by atoms with E-state index < -0.39 is 5.60 Å². The zero-order valence-electron chi connectivity index (χ0n) is 23.2. The standard InChI is InChI=1S/C36H38N2OS/c1-2-7-21-37(22-8-3-1)31-14-12-30(13-15-31)36(29-9-5-4-6-10-29)20-19-34-33-17-16-32(38-23-25-40-26-24-38)27-28(33)11-18-35(34)39-36/h4-6,9-20,27H,1-3,7-8,21-26H2. The number of thioether (sulfide) groups is 1. The molecule has 3 nitrogen and oxygen atoms in total. The van der Waals surface area contributed by atoms with Crippen molar-refractivity contribution in [1.82, 2.24) is 0 Å². The van der Waals surface area contributed by atoms with Crippen LogP contribution in [-0.4, -0.2) is 37.7 Å². The molecule has 2 fully saturated rings. The van der Waals surface area contributed by atoms with E-state index in [1.54, 1.807) is 0 Å². The van der Waals surface area contributed by atoms with E-state index in [2.05, 4.69) is 119 Å². The molecule has 4 aromatic carbocycles. The number of rotatable bonds is 4. The summed E-state index contributed by atoms with van der Waals surface area (Å²) in [5, 5.41) is 2.52. The monoisotopic (exact) mass is 546 g/mol. The highest BCUT2D eigenvalue weighted by atomic mass is 32.2. The summed E-state index contributed by atoms with van der Waals surface area (Å²) in [5.41, 5.74) is 5.46. The van der Waals surface area contributed by atoms with E-state index in [-0.39, 0.29) is 0 Å². The number of hydrogen-bond acceptors (Lipinski definition) is 4. The summed E-state index contributed by atoms with van der Waals surface area (Å²) in [5.74, 6) is 3.35. The maximum absolute atomic E-state index is 7.05. The Morgan fingerprint density at radius 1 is 0.625 bits per heavy atom. The molecular weight excluding hydrogens is 508 g/mol. The molecule has 0 amide bonds. The molecule has 3 aliphatic heterocycles. The molecular formula is C36H38N2OS.